The quantitative estimate of drug-likeness (QED) is 0.136. The van der Waals surface area contributed by atoms with Gasteiger partial charge in [0.15, 0.2) is 17.5 Å². The summed E-state index contributed by atoms with van der Waals surface area (Å²) in [5.74, 6) is 1.96. The molecule has 1 aliphatic rings. The van der Waals surface area contributed by atoms with Crippen LogP contribution >= 0.6 is 7.14 Å². The second-order valence-corrected chi connectivity index (χ2v) is 20.2. The van der Waals surface area contributed by atoms with E-state index in [9.17, 15) is 4.57 Å². The van der Waals surface area contributed by atoms with E-state index in [1.807, 2.05) is 43.7 Å². The van der Waals surface area contributed by atoms with Gasteiger partial charge in [0.2, 0.25) is 0 Å². The average molecular weight is 822 g/mol. The third-order valence-corrected chi connectivity index (χ3v) is 14.3. The Morgan fingerprint density at radius 2 is 0.742 bits per heavy atom. The van der Waals surface area contributed by atoms with Gasteiger partial charge >= 0.3 is 0 Å². The van der Waals surface area contributed by atoms with E-state index in [1.54, 1.807) is 0 Å². The van der Waals surface area contributed by atoms with Gasteiger partial charge in [0.05, 0.1) is 0 Å². The molecular formula is C57H48N3OP. The Labute approximate surface area is 364 Å². The van der Waals surface area contributed by atoms with Gasteiger partial charge < -0.3 is 4.57 Å². The van der Waals surface area contributed by atoms with E-state index in [0.29, 0.717) is 17.5 Å². The molecule has 1 saturated carbocycles. The standard InChI is InChI=1S/C57H48N3OP/c1-62(2,61)53-37-36-50(51-18-10-11-19-52(51)53)44-28-32-48(33-29-44)57(38-12-5-13-39-57)49-34-30-47(31-35-49)56-59-54(45-16-8-4-9-17-45)58-55(60-56)46-26-24-43(25-27-46)42-22-20-41(21-23-42)40-14-6-3-7-15-40/h3-4,6-11,14-37H,5,12-13,38-39H2,1-2H3. The molecule has 0 aliphatic heterocycles. The number of nitrogens with zero attached hydrogens (tertiary/aromatic N) is 3. The molecule has 5 heteroatoms. The van der Waals surface area contributed by atoms with Gasteiger partial charge in [-0.05, 0) is 81.5 Å². The first kappa shape index (κ1) is 39.4. The number of aromatic nitrogens is 3. The highest BCUT2D eigenvalue weighted by atomic mass is 31.2. The minimum absolute atomic E-state index is 0.0820. The Balaban J connectivity index is 0.964. The molecule has 4 nitrogen and oxygen atoms in total. The summed E-state index contributed by atoms with van der Waals surface area (Å²) in [5.41, 5.74) is 12.5. The number of benzene rings is 8. The van der Waals surface area contributed by atoms with Gasteiger partial charge in [-0.15, -0.1) is 0 Å². The predicted octanol–water partition coefficient (Wildman–Crippen LogP) is 14.5. The highest BCUT2D eigenvalue weighted by Gasteiger charge is 2.36. The van der Waals surface area contributed by atoms with Crippen LogP contribution in [-0.4, -0.2) is 28.3 Å². The van der Waals surface area contributed by atoms with Crippen molar-refractivity contribution in [1.82, 2.24) is 15.0 Å². The predicted molar refractivity (Wildman–Crippen MR) is 259 cm³/mol. The van der Waals surface area contributed by atoms with Crippen molar-refractivity contribution < 1.29 is 4.57 Å². The summed E-state index contributed by atoms with van der Waals surface area (Å²) in [6, 6.07) is 68.8. The first-order chi connectivity index (χ1) is 30.3. The molecule has 0 unspecified atom stereocenters. The lowest BCUT2D eigenvalue weighted by Gasteiger charge is -2.39. The van der Waals surface area contributed by atoms with Crippen LogP contribution in [0.5, 0.6) is 0 Å². The molecule has 1 aromatic heterocycles. The van der Waals surface area contributed by atoms with Crippen molar-refractivity contribution in [2.75, 3.05) is 13.3 Å². The van der Waals surface area contributed by atoms with E-state index in [1.165, 1.54) is 52.6 Å². The van der Waals surface area contributed by atoms with Crippen LogP contribution in [0.25, 0.3) is 78.3 Å². The Morgan fingerprint density at radius 1 is 0.371 bits per heavy atom. The van der Waals surface area contributed by atoms with E-state index in [0.717, 1.165) is 56.7 Å². The van der Waals surface area contributed by atoms with Crippen molar-refractivity contribution in [1.29, 1.82) is 0 Å². The van der Waals surface area contributed by atoms with Crippen LogP contribution < -0.4 is 5.30 Å². The molecule has 0 bridgehead atoms. The highest BCUT2D eigenvalue weighted by Crippen LogP contribution is 2.46. The fraction of sp³-hybridized carbons (Fsp3) is 0.140. The third-order valence-electron chi connectivity index (χ3n) is 12.8. The summed E-state index contributed by atoms with van der Waals surface area (Å²) in [4.78, 5) is 15.2. The van der Waals surface area contributed by atoms with E-state index >= 15 is 0 Å². The molecule has 302 valence electrons. The Hall–Kier alpha value is -6.74. The topological polar surface area (TPSA) is 55.7 Å². The van der Waals surface area contributed by atoms with Gasteiger partial charge in [-0.2, -0.15) is 0 Å². The molecule has 9 aromatic rings. The van der Waals surface area contributed by atoms with Crippen molar-refractivity contribution >= 4 is 23.2 Å². The second kappa shape index (κ2) is 16.6. The first-order valence-electron chi connectivity index (χ1n) is 21.7. The maximum absolute atomic E-state index is 13.2. The van der Waals surface area contributed by atoms with E-state index in [2.05, 4.69) is 164 Å². The van der Waals surface area contributed by atoms with Crippen LogP contribution in [0.2, 0.25) is 0 Å². The fourth-order valence-corrected chi connectivity index (χ4v) is 10.7. The lowest BCUT2D eigenvalue weighted by Crippen LogP contribution is -2.30. The lowest BCUT2D eigenvalue weighted by molar-refractivity contribution is 0.346. The molecule has 0 N–H and O–H groups in total. The van der Waals surface area contributed by atoms with Gasteiger partial charge in [-0.1, -0.05) is 213 Å². The summed E-state index contributed by atoms with van der Waals surface area (Å²) < 4.78 is 13.2. The SMILES string of the molecule is CP(C)(=O)c1ccc(-c2ccc(C3(c4ccc(-c5nc(-c6ccccc6)nc(-c6ccc(-c7ccc(-c8ccccc8)cc7)cc6)n5)cc4)CCCCC3)cc2)c2ccccc12. The first-order valence-corrected chi connectivity index (χ1v) is 24.3. The maximum Gasteiger partial charge on any atom is 0.164 e. The number of hydrogen-bond donors (Lipinski definition) is 0. The molecule has 8 aromatic carbocycles. The molecule has 1 fully saturated rings. The molecule has 0 amide bonds. The molecule has 0 atom stereocenters. The zero-order chi connectivity index (χ0) is 42.1. The Kier molecular flexibility index (Phi) is 10.6. The summed E-state index contributed by atoms with van der Waals surface area (Å²) in [5, 5.41) is 3.16. The minimum atomic E-state index is -2.43. The van der Waals surface area contributed by atoms with Crippen LogP contribution in [0, 0.1) is 0 Å². The summed E-state index contributed by atoms with van der Waals surface area (Å²) in [6.45, 7) is 3.71. The average Bonchev–Trinajstić information content (AvgIpc) is 3.34. The van der Waals surface area contributed by atoms with Gasteiger partial charge in [0.25, 0.3) is 0 Å². The molecular weight excluding hydrogens is 774 g/mol. The van der Waals surface area contributed by atoms with Gasteiger partial charge in [-0.3, -0.25) is 0 Å². The summed E-state index contributed by atoms with van der Waals surface area (Å²) in [6.07, 6.45) is 5.85. The number of hydrogen-bond acceptors (Lipinski definition) is 4. The van der Waals surface area contributed by atoms with Crippen molar-refractivity contribution in [3.05, 3.63) is 205 Å². The van der Waals surface area contributed by atoms with Crippen LogP contribution in [0.3, 0.4) is 0 Å². The minimum Gasteiger partial charge on any atom is -0.319 e. The zero-order valence-corrected chi connectivity index (χ0v) is 36.1. The van der Waals surface area contributed by atoms with Crippen LogP contribution in [0.4, 0.5) is 0 Å². The molecule has 10 rings (SSSR count). The van der Waals surface area contributed by atoms with Crippen molar-refractivity contribution in [2.45, 2.75) is 37.5 Å². The zero-order valence-electron chi connectivity index (χ0n) is 35.2. The van der Waals surface area contributed by atoms with Crippen molar-refractivity contribution in [2.24, 2.45) is 0 Å². The number of fused-ring (bicyclic) bond motifs is 1. The fourth-order valence-electron chi connectivity index (χ4n) is 9.46. The van der Waals surface area contributed by atoms with Crippen molar-refractivity contribution in [3.8, 4) is 67.5 Å². The van der Waals surface area contributed by atoms with E-state index in [-0.39, 0.29) is 5.41 Å². The molecule has 1 aliphatic carbocycles. The maximum atomic E-state index is 13.2. The lowest BCUT2D eigenvalue weighted by atomic mass is 9.65. The number of rotatable bonds is 9. The summed E-state index contributed by atoms with van der Waals surface area (Å²) in [7, 11) is -2.43. The molecule has 0 saturated heterocycles. The summed E-state index contributed by atoms with van der Waals surface area (Å²) >= 11 is 0. The normalized spacial score (nSPS) is 13.8. The molecule has 62 heavy (non-hydrogen) atoms. The Bertz CT molecular complexity index is 3040. The largest absolute Gasteiger partial charge is 0.319 e. The van der Waals surface area contributed by atoms with Crippen LogP contribution in [0.1, 0.15) is 43.2 Å². The molecule has 1 heterocycles. The van der Waals surface area contributed by atoms with Crippen molar-refractivity contribution in [3.63, 3.8) is 0 Å². The molecule has 0 radical (unpaired) electrons. The Morgan fingerprint density at radius 3 is 1.23 bits per heavy atom. The van der Waals surface area contributed by atoms with E-state index in [4.69, 9.17) is 15.0 Å². The molecule has 0 spiro atoms. The van der Waals surface area contributed by atoms with E-state index < -0.39 is 7.14 Å². The van der Waals surface area contributed by atoms with Gasteiger partial charge in [0, 0.05) is 27.4 Å². The smallest absolute Gasteiger partial charge is 0.164 e. The highest BCUT2D eigenvalue weighted by molar-refractivity contribution is 7.70. The second-order valence-electron chi connectivity index (χ2n) is 17.0. The van der Waals surface area contributed by atoms with Crippen LogP contribution in [0.15, 0.2) is 194 Å². The van der Waals surface area contributed by atoms with Gasteiger partial charge in [0.1, 0.15) is 7.14 Å². The monoisotopic (exact) mass is 821 g/mol. The third kappa shape index (κ3) is 7.72. The van der Waals surface area contributed by atoms with Gasteiger partial charge in [-0.25, -0.2) is 15.0 Å². The van der Waals surface area contributed by atoms with Crippen LogP contribution in [-0.2, 0) is 9.98 Å².